The van der Waals surface area contributed by atoms with E-state index in [1.54, 1.807) is 12.3 Å². The van der Waals surface area contributed by atoms with E-state index < -0.39 is 8.07 Å². The number of hydrogen-bond acceptors (Lipinski definition) is 5. The smallest absolute Gasteiger partial charge is 0.187 e. The Morgan fingerprint density at radius 2 is 2.09 bits per heavy atom. The first kappa shape index (κ1) is 15.8. The number of nitrogens with zero attached hydrogens (tertiary/aromatic N) is 3. The molecule has 0 atom stereocenters. The Kier molecular flexibility index (Phi) is 4.23. The number of benzene rings is 1. The highest BCUT2D eigenvalue weighted by Crippen LogP contribution is 2.29. The normalized spacial score (nSPS) is 12.1. The average Bonchev–Trinajstić information content (AvgIpc) is 3.09. The maximum atomic E-state index is 5.92. The summed E-state index contributed by atoms with van der Waals surface area (Å²) in [6.07, 6.45) is 1.61. The molecule has 2 N–H and O–H groups in total. The molecule has 0 aliphatic heterocycles. The van der Waals surface area contributed by atoms with Crippen LogP contribution in [0.3, 0.4) is 0 Å². The zero-order chi connectivity index (χ0) is 16.4. The van der Waals surface area contributed by atoms with E-state index in [2.05, 4.69) is 29.9 Å². The molecule has 0 saturated carbocycles. The molecule has 2 aromatic heterocycles. The fourth-order valence-electron chi connectivity index (χ4n) is 2.34. The van der Waals surface area contributed by atoms with Gasteiger partial charge in [-0.05, 0) is 24.2 Å². The summed E-state index contributed by atoms with van der Waals surface area (Å²) >= 11 is 0. The zero-order valence-electron chi connectivity index (χ0n) is 13.7. The molecule has 0 aliphatic rings. The minimum absolute atomic E-state index is 0.416. The predicted molar refractivity (Wildman–Crippen MR) is 93.7 cm³/mol. The Balaban J connectivity index is 1.86. The van der Waals surface area contributed by atoms with Crippen LogP contribution in [0.2, 0.25) is 25.7 Å². The van der Waals surface area contributed by atoms with Crippen LogP contribution in [0.5, 0.6) is 0 Å². The molecule has 122 valence electrons. The first-order valence-corrected chi connectivity index (χ1v) is 11.4. The van der Waals surface area contributed by atoms with Gasteiger partial charge in [0.25, 0.3) is 0 Å². The van der Waals surface area contributed by atoms with Gasteiger partial charge in [0.1, 0.15) is 12.4 Å². The lowest BCUT2D eigenvalue weighted by molar-refractivity contribution is 0.0818. The number of ether oxygens (including phenoxy) is 1. The van der Waals surface area contributed by atoms with Gasteiger partial charge in [0.05, 0.1) is 11.7 Å². The van der Waals surface area contributed by atoms with Crippen molar-refractivity contribution in [3.63, 3.8) is 0 Å². The Morgan fingerprint density at radius 1 is 1.26 bits per heavy atom. The van der Waals surface area contributed by atoms with Gasteiger partial charge in [-0.3, -0.25) is 0 Å². The van der Waals surface area contributed by atoms with Gasteiger partial charge in [0.2, 0.25) is 0 Å². The molecule has 0 saturated heterocycles. The molecule has 0 aliphatic carbocycles. The summed E-state index contributed by atoms with van der Waals surface area (Å²) in [5.41, 5.74) is 8.31. The van der Waals surface area contributed by atoms with Crippen molar-refractivity contribution in [3.05, 3.63) is 30.5 Å². The van der Waals surface area contributed by atoms with Gasteiger partial charge in [0.15, 0.2) is 5.76 Å². The second-order valence-electron chi connectivity index (χ2n) is 6.85. The molecule has 1 aromatic carbocycles. The summed E-state index contributed by atoms with van der Waals surface area (Å²) < 4.78 is 12.9. The van der Waals surface area contributed by atoms with Crippen LogP contribution in [0.1, 0.15) is 0 Å². The van der Waals surface area contributed by atoms with E-state index in [1.165, 1.54) is 0 Å². The highest BCUT2D eigenvalue weighted by molar-refractivity contribution is 6.76. The number of rotatable bonds is 6. The van der Waals surface area contributed by atoms with Crippen molar-refractivity contribution in [1.29, 1.82) is 0 Å². The van der Waals surface area contributed by atoms with Crippen LogP contribution in [0.15, 0.2) is 35.0 Å². The third-order valence-electron chi connectivity index (χ3n) is 3.66. The summed E-state index contributed by atoms with van der Waals surface area (Å²) in [7, 11) is -1.09. The van der Waals surface area contributed by atoms with E-state index >= 15 is 0 Å². The van der Waals surface area contributed by atoms with Gasteiger partial charge in [-0.2, -0.15) is 5.10 Å². The highest BCUT2D eigenvalue weighted by atomic mass is 28.3. The molecular weight excluding hydrogens is 308 g/mol. The van der Waals surface area contributed by atoms with E-state index in [0.717, 1.165) is 29.2 Å². The van der Waals surface area contributed by atoms with Gasteiger partial charge in [-0.15, -0.1) is 0 Å². The van der Waals surface area contributed by atoms with Gasteiger partial charge in [-0.1, -0.05) is 24.8 Å². The Morgan fingerprint density at radius 3 is 2.78 bits per heavy atom. The van der Waals surface area contributed by atoms with Gasteiger partial charge >= 0.3 is 0 Å². The Bertz CT molecular complexity index is 790. The van der Waals surface area contributed by atoms with Gasteiger partial charge < -0.3 is 15.0 Å². The molecule has 0 bridgehead atoms. The number of hydrogen-bond donors (Lipinski definition) is 1. The fourth-order valence-corrected chi connectivity index (χ4v) is 3.10. The molecule has 0 spiro atoms. The third-order valence-corrected chi connectivity index (χ3v) is 5.36. The van der Waals surface area contributed by atoms with Crippen molar-refractivity contribution in [2.75, 3.05) is 12.3 Å². The predicted octanol–water partition coefficient (Wildman–Crippen LogP) is 3.59. The maximum absolute atomic E-state index is 5.92. The molecule has 3 rings (SSSR count). The summed E-state index contributed by atoms with van der Waals surface area (Å²) in [6.45, 7) is 8.18. The van der Waals surface area contributed by atoms with Crippen LogP contribution in [-0.2, 0) is 11.5 Å². The maximum Gasteiger partial charge on any atom is 0.187 e. The number of fused-ring (bicyclic) bond motifs is 1. The van der Waals surface area contributed by atoms with Gasteiger partial charge in [-0.25, -0.2) is 4.68 Å². The lowest BCUT2D eigenvalue weighted by atomic mass is 10.1. The minimum Gasteiger partial charge on any atom is -0.399 e. The molecule has 0 unspecified atom stereocenters. The topological polar surface area (TPSA) is 79.1 Å². The van der Waals surface area contributed by atoms with Crippen molar-refractivity contribution < 1.29 is 9.26 Å². The molecule has 3 aromatic rings. The minimum atomic E-state index is -1.09. The van der Waals surface area contributed by atoms with Crippen LogP contribution in [0.25, 0.3) is 22.4 Å². The Hall–Kier alpha value is -2.12. The molecular formula is C16H22N4O2Si. The van der Waals surface area contributed by atoms with E-state index in [4.69, 9.17) is 15.0 Å². The molecule has 6 nitrogen and oxygen atoms in total. The van der Waals surface area contributed by atoms with Crippen molar-refractivity contribution in [2.45, 2.75) is 32.4 Å². The first-order valence-electron chi connectivity index (χ1n) is 7.69. The Labute approximate surface area is 136 Å². The standard InChI is InChI=1S/C16H22N4O2Si/c1-23(2,3)9-8-21-11-20-14-5-4-12(17)10-13(14)16(19-20)15-6-7-18-22-15/h4-7,10H,8-9,11,17H2,1-3H3. The lowest BCUT2D eigenvalue weighted by Crippen LogP contribution is -2.22. The van der Waals surface area contributed by atoms with E-state index in [-0.39, 0.29) is 0 Å². The van der Waals surface area contributed by atoms with Crippen molar-refractivity contribution >= 4 is 24.7 Å². The highest BCUT2D eigenvalue weighted by Gasteiger charge is 2.16. The number of nitrogens with two attached hydrogens (primary N) is 1. The van der Waals surface area contributed by atoms with Crippen molar-refractivity contribution in [2.24, 2.45) is 0 Å². The lowest BCUT2D eigenvalue weighted by Gasteiger charge is -2.15. The fraction of sp³-hybridized carbons (Fsp3) is 0.375. The quantitative estimate of drug-likeness (QED) is 0.424. The van der Waals surface area contributed by atoms with E-state index in [0.29, 0.717) is 18.2 Å². The third kappa shape index (κ3) is 3.62. The second-order valence-corrected chi connectivity index (χ2v) is 12.5. The molecule has 23 heavy (non-hydrogen) atoms. The van der Waals surface area contributed by atoms with Crippen LogP contribution in [0, 0.1) is 0 Å². The summed E-state index contributed by atoms with van der Waals surface area (Å²) in [6, 6.07) is 8.65. The van der Waals surface area contributed by atoms with Crippen LogP contribution in [-0.4, -0.2) is 29.6 Å². The second kappa shape index (κ2) is 6.17. The largest absolute Gasteiger partial charge is 0.399 e. The van der Waals surface area contributed by atoms with Crippen LogP contribution >= 0.6 is 0 Å². The average molecular weight is 330 g/mol. The molecule has 7 heteroatoms. The number of nitrogen functional groups attached to an aromatic ring is 1. The van der Waals surface area contributed by atoms with Gasteiger partial charge in [0, 0.05) is 31.8 Å². The summed E-state index contributed by atoms with van der Waals surface area (Å²) in [4.78, 5) is 0. The SMILES string of the molecule is C[Si](C)(C)CCOCn1nc(-c2ccno2)c2cc(N)ccc21. The van der Waals surface area contributed by atoms with Crippen LogP contribution in [0.4, 0.5) is 5.69 Å². The van der Waals surface area contributed by atoms with Crippen molar-refractivity contribution in [1.82, 2.24) is 14.9 Å². The molecule has 2 heterocycles. The zero-order valence-corrected chi connectivity index (χ0v) is 14.7. The monoisotopic (exact) mass is 330 g/mol. The molecule has 0 amide bonds. The molecule has 0 fully saturated rings. The summed E-state index contributed by atoms with van der Waals surface area (Å²) in [5.74, 6) is 0.626. The van der Waals surface area contributed by atoms with Crippen LogP contribution < -0.4 is 5.73 Å². The molecule has 0 radical (unpaired) electrons. The number of anilines is 1. The summed E-state index contributed by atoms with van der Waals surface area (Å²) in [5, 5.41) is 9.32. The van der Waals surface area contributed by atoms with E-state index in [1.807, 2.05) is 22.9 Å². The first-order chi connectivity index (χ1) is 10.9. The van der Waals surface area contributed by atoms with E-state index in [9.17, 15) is 0 Å². The van der Waals surface area contributed by atoms with Crippen molar-refractivity contribution in [3.8, 4) is 11.5 Å². The number of aromatic nitrogens is 3.